The number of fused-ring (bicyclic) bond motifs is 5. The molecule has 1 saturated heterocycles. The first-order chi connectivity index (χ1) is 13.1. The summed E-state index contributed by atoms with van der Waals surface area (Å²) >= 11 is 1.77. The van der Waals surface area contributed by atoms with Gasteiger partial charge in [0.2, 0.25) is 5.82 Å². The first-order valence-electron chi connectivity index (χ1n) is 9.67. The third-order valence-corrected chi connectivity index (χ3v) is 6.79. The van der Waals surface area contributed by atoms with E-state index in [1.54, 1.807) is 15.9 Å². The summed E-state index contributed by atoms with van der Waals surface area (Å²) in [4.78, 5) is 24.4. The minimum Gasteiger partial charge on any atom is -0.376 e. The molecule has 1 aliphatic carbocycles. The second-order valence-corrected chi connectivity index (χ2v) is 8.79. The highest BCUT2D eigenvalue weighted by molar-refractivity contribution is 7.19. The van der Waals surface area contributed by atoms with Gasteiger partial charge in [0.1, 0.15) is 10.7 Å². The summed E-state index contributed by atoms with van der Waals surface area (Å²) in [5, 5.41) is 8.44. The van der Waals surface area contributed by atoms with Gasteiger partial charge in [-0.25, -0.2) is 9.97 Å². The number of carbonyl (C=O) groups excluding carboxylic acids is 1. The fourth-order valence-corrected chi connectivity index (χ4v) is 5.39. The van der Waals surface area contributed by atoms with Crippen molar-refractivity contribution in [1.29, 1.82) is 0 Å². The summed E-state index contributed by atoms with van der Waals surface area (Å²) in [6.45, 7) is 5.49. The minimum absolute atomic E-state index is 0.103. The Morgan fingerprint density at radius 1 is 1.37 bits per heavy atom. The molecule has 0 unspecified atom stereocenters. The summed E-state index contributed by atoms with van der Waals surface area (Å²) in [7, 11) is 0. The topological polar surface area (TPSA) is 81.4 Å². The van der Waals surface area contributed by atoms with Crippen molar-refractivity contribution in [3.05, 3.63) is 22.1 Å². The molecule has 4 heterocycles. The predicted molar refractivity (Wildman–Crippen MR) is 103 cm³/mol. The van der Waals surface area contributed by atoms with Gasteiger partial charge in [-0.15, -0.1) is 16.4 Å². The molecule has 0 saturated carbocycles. The van der Waals surface area contributed by atoms with Crippen LogP contribution in [0.25, 0.3) is 15.9 Å². The number of nitrogens with zero attached hydrogens (tertiary/aromatic N) is 4. The fourth-order valence-electron chi connectivity index (χ4n) is 4.13. The van der Waals surface area contributed by atoms with E-state index in [9.17, 15) is 4.79 Å². The van der Waals surface area contributed by atoms with Crippen molar-refractivity contribution in [2.45, 2.75) is 52.1 Å². The normalized spacial score (nSPS) is 22.4. The van der Waals surface area contributed by atoms with Gasteiger partial charge in [-0.2, -0.15) is 4.52 Å². The van der Waals surface area contributed by atoms with Gasteiger partial charge in [0.05, 0.1) is 11.5 Å². The van der Waals surface area contributed by atoms with Gasteiger partial charge >= 0.3 is 0 Å². The van der Waals surface area contributed by atoms with E-state index in [4.69, 9.17) is 9.72 Å². The van der Waals surface area contributed by atoms with Gasteiger partial charge < -0.3 is 10.1 Å². The van der Waals surface area contributed by atoms with E-state index >= 15 is 0 Å². The van der Waals surface area contributed by atoms with Crippen molar-refractivity contribution < 1.29 is 9.53 Å². The lowest BCUT2D eigenvalue weighted by Gasteiger charge is -2.17. The van der Waals surface area contributed by atoms with E-state index < -0.39 is 0 Å². The van der Waals surface area contributed by atoms with Crippen LogP contribution >= 0.6 is 11.3 Å². The Bertz CT molecular complexity index is 1030. The maximum Gasteiger partial charge on any atom is 0.291 e. The SMILES string of the molecule is Cc1nc2sc3c(c2c2nc(C(=O)NC[C@H]4CCCO4)nn12)C[C@@H](C)CC3. The molecule has 2 aliphatic rings. The van der Waals surface area contributed by atoms with Crippen LogP contribution in [0.2, 0.25) is 0 Å². The Morgan fingerprint density at radius 2 is 2.26 bits per heavy atom. The van der Waals surface area contributed by atoms with Crippen molar-refractivity contribution >= 4 is 33.1 Å². The quantitative estimate of drug-likeness (QED) is 0.750. The molecule has 8 heteroatoms. The van der Waals surface area contributed by atoms with Gasteiger partial charge in [0.15, 0.2) is 5.65 Å². The molecule has 27 heavy (non-hydrogen) atoms. The van der Waals surface area contributed by atoms with E-state index in [0.29, 0.717) is 12.5 Å². The van der Waals surface area contributed by atoms with E-state index in [1.165, 1.54) is 16.9 Å². The number of amides is 1. The molecule has 0 spiro atoms. The lowest BCUT2D eigenvalue weighted by Crippen LogP contribution is -2.32. The van der Waals surface area contributed by atoms with Crippen LogP contribution in [-0.4, -0.2) is 44.7 Å². The molecular formula is C19H23N5O2S. The summed E-state index contributed by atoms with van der Waals surface area (Å²) in [6, 6.07) is 0. The van der Waals surface area contributed by atoms with Crippen LogP contribution in [0.4, 0.5) is 0 Å². The highest BCUT2D eigenvalue weighted by Gasteiger charge is 2.26. The number of aryl methyl sites for hydroxylation is 2. The molecule has 1 aliphatic heterocycles. The van der Waals surface area contributed by atoms with Crippen LogP contribution in [0.15, 0.2) is 0 Å². The molecule has 0 radical (unpaired) electrons. The molecule has 3 aromatic rings. The Kier molecular flexibility index (Phi) is 4.12. The summed E-state index contributed by atoms with van der Waals surface area (Å²) in [6.07, 6.45) is 5.51. The molecule has 1 fully saturated rings. The van der Waals surface area contributed by atoms with E-state index in [-0.39, 0.29) is 17.8 Å². The Hall–Kier alpha value is -2.06. The monoisotopic (exact) mass is 385 g/mol. The smallest absolute Gasteiger partial charge is 0.291 e. The zero-order valence-corrected chi connectivity index (χ0v) is 16.4. The number of hydrogen-bond donors (Lipinski definition) is 1. The third kappa shape index (κ3) is 2.91. The molecule has 0 bridgehead atoms. The summed E-state index contributed by atoms with van der Waals surface area (Å²) in [5.74, 6) is 1.37. The van der Waals surface area contributed by atoms with Crippen LogP contribution < -0.4 is 5.32 Å². The largest absolute Gasteiger partial charge is 0.376 e. The lowest BCUT2D eigenvalue weighted by molar-refractivity contribution is 0.0849. The van der Waals surface area contributed by atoms with E-state index in [0.717, 1.165) is 54.0 Å². The number of nitrogens with one attached hydrogen (secondary N) is 1. The third-order valence-electron chi connectivity index (χ3n) is 5.61. The number of thiophene rings is 1. The summed E-state index contributed by atoms with van der Waals surface area (Å²) < 4.78 is 7.29. The van der Waals surface area contributed by atoms with Crippen molar-refractivity contribution in [3.63, 3.8) is 0 Å². The van der Waals surface area contributed by atoms with Crippen molar-refractivity contribution in [2.24, 2.45) is 5.92 Å². The zero-order chi connectivity index (χ0) is 18.5. The summed E-state index contributed by atoms with van der Waals surface area (Å²) in [5.41, 5.74) is 2.11. The zero-order valence-electron chi connectivity index (χ0n) is 15.6. The Labute approximate surface area is 161 Å². The van der Waals surface area contributed by atoms with Crippen LogP contribution in [0.1, 0.15) is 53.1 Å². The van der Waals surface area contributed by atoms with Crippen LogP contribution in [-0.2, 0) is 17.6 Å². The predicted octanol–water partition coefficient (Wildman–Crippen LogP) is 2.68. The van der Waals surface area contributed by atoms with Crippen LogP contribution in [0, 0.1) is 12.8 Å². The molecule has 3 aromatic heterocycles. The standard InChI is InChI=1S/C19H23N5O2S/c1-10-5-6-14-13(8-10)15-17-22-16(18(25)20-9-12-4-3-7-26-12)23-24(17)11(2)21-19(15)27-14/h10,12H,3-9H2,1-2H3,(H,20,25)/t10-,12+/m0/s1. The van der Waals surface area contributed by atoms with Gasteiger partial charge in [-0.05, 0) is 50.5 Å². The van der Waals surface area contributed by atoms with Gasteiger partial charge in [-0.3, -0.25) is 4.79 Å². The molecule has 0 aromatic carbocycles. The molecule has 142 valence electrons. The van der Waals surface area contributed by atoms with Gasteiger partial charge in [-0.1, -0.05) is 6.92 Å². The van der Waals surface area contributed by atoms with Crippen LogP contribution in [0.3, 0.4) is 0 Å². The number of ether oxygens (including phenoxy) is 1. The molecule has 7 nitrogen and oxygen atoms in total. The van der Waals surface area contributed by atoms with Crippen LogP contribution in [0.5, 0.6) is 0 Å². The van der Waals surface area contributed by atoms with E-state index in [2.05, 4.69) is 22.3 Å². The minimum atomic E-state index is -0.251. The number of aromatic nitrogens is 4. The molecule has 1 amide bonds. The lowest BCUT2D eigenvalue weighted by atomic mass is 9.89. The maximum atomic E-state index is 12.6. The fraction of sp³-hybridized carbons (Fsp3) is 0.579. The second kappa shape index (κ2) is 6.53. The Balaban J connectivity index is 1.54. The first kappa shape index (κ1) is 17.1. The van der Waals surface area contributed by atoms with E-state index in [1.807, 2.05) is 6.92 Å². The molecule has 2 atom stereocenters. The molecule has 1 N–H and O–H groups in total. The first-order valence-corrected chi connectivity index (χ1v) is 10.5. The van der Waals surface area contributed by atoms with Crippen molar-refractivity contribution in [3.8, 4) is 0 Å². The Morgan fingerprint density at radius 3 is 3.07 bits per heavy atom. The average Bonchev–Trinajstić information content (AvgIpc) is 3.37. The highest BCUT2D eigenvalue weighted by atomic mass is 32.1. The number of rotatable bonds is 3. The maximum absolute atomic E-state index is 12.6. The van der Waals surface area contributed by atoms with Gasteiger partial charge in [0, 0.05) is 18.0 Å². The van der Waals surface area contributed by atoms with Crippen molar-refractivity contribution in [1.82, 2.24) is 24.9 Å². The molecular weight excluding hydrogens is 362 g/mol. The van der Waals surface area contributed by atoms with Gasteiger partial charge in [0.25, 0.3) is 5.91 Å². The molecule has 5 rings (SSSR count). The second-order valence-electron chi connectivity index (χ2n) is 7.71. The van der Waals surface area contributed by atoms with Crippen molar-refractivity contribution in [2.75, 3.05) is 13.2 Å². The highest BCUT2D eigenvalue weighted by Crippen LogP contribution is 2.38. The average molecular weight is 385 g/mol. The number of carbonyl (C=O) groups is 1. The number of hydrogen-bond acceptors (Lipinski definition) is 6.